The van der Waals surface area contributed by atoms with E-state index in [1.165, 1.54) is 5.56 Å². The molecule has 1 aliphatic rings. The van der Waals surface area contributed by atoms with Crippen LogP contribution in [0.15, 0.2) is 59.6 Å². The largest absolute Gasteiger partial charge is 0.375 e. The zero-order chi connectivity index (χ0) is 21.9. The zero-order valence-electron chi connectivity index (χ0n) is 18.4. The monoisotopic (exact) mass is 570 g/mol. The molecule has 1 amide bonds. The van der Waals surface area contributed by atoms with Crippen molar-refractivity contribution in [1.82, 2.24) is 15.5 Å². The first-order chi connectivity index (χ1) is 15.1. The summed E-state index contributed by atoms with van der Waals surface area (Å²) in [4.78, 5) is 18.6. The molecule has 0 bridgehead atoms. The van der Waals surface area contributed by atoms with Gasteiger partial charge in [-0.15, -0.1) is 24.0 Å². The molecular formula is C24H32ClIN4O2. The fourth-order valence-electron chi connectivity index (χ4n) is 3.59. The number of carbonyl (C=O) groups is 1. The van der Waals surface area contributed by atoms with E-state index in [0.29, 0.717) is 32.1 Å². The van der Waals surface area contributed by atoms with Crippen LogP contribution in [0, 0.1) is 5.92 Å². The summed E-state index contributed by atoms with van der Waals surface area (Å²) in [5, 5.41) is 7.31. The van der Waals surface area contributed by atoms with E-state index in [0.717, 1.165) is 42.6 Å². The van der Waals surface area contributed by atoms with E-state index in [1.54, 1.807) is 7.05 Å². The lowest BCUT2D eigenvalue weighted by Gasteiger charge is -2.18. The molecule has 1 fully saturated rings. The number of aliphatic imine (C=N–C) groups is 1. The number of nitrogens with one attached hydrogen (secondary N) is 2. The topological polar surface area (TPSA) is 66.0 Å². The number of ether oxygens (including phenoxy) is 1. The van der Waals surface area contributed by atoms with Gasteiger partial charge in [-0.1, -0.05) is 54.1 Å². The summed E-state index contributed by atoms with van der Waals surface area (Å²) in [6.07, 6.45) is 1.48. The molecule has 1 heterocycles. The van der Waals surface area contributed by atoms with Gasteiger partial charge in [0.15, 0.2) is 5.96 Å². The van der Waals surface area contributed by atoms with Crippen LogP contribution >= 0.6 is 35.6 Å². The number of guanidine groups is 1. The molecule has 0 spiro atoms. The minimum absolute atomic E-state index is 0. The van der Waals surface area contributed by atoms with Crippen molar-refractivity contribution in [3.8, 4) is 0 Å². The van der Waals surface area contributed by atoms with Crippen LogP contribution in [0.25, 0.3) is 0 Å². The van der Waals surface area contributed by atoms with Crippen molar-refractivity contribution in [3.05, 3.63) is 70.7 Å². The smallest absolute Gasteiger partial charge is 0.223 e. The summed E-state index contributed by atoms with van der Waals surface area (Å²) in [6, 6.07) is 17.9. The molecule has 0 saturated carbocycles. The number of nitrogens with zero attached hydrogens (tertiary/aromatic N) is 2. The second kappa shape index (κ2) is 14.3. The third-order valence-corrected chi connectivity index (χ3v) is 5.56. The number of hydrogen-bond donors (Lipinski definition) is 2. The van der Waals surface area contributed by atoms with Crippen LogP contribution in [0.1, 0.15) is 17.5 Å². The van der Waals surface area contributed by atoms with Gasteiger partial charge in [-0.3, -0.25) is 9.79 Å². The Kier molecular flexibility index (Phi) is 11.8. The standard InChI is InChI=1S/C24H31ClN4O2.HI/c1-26-24(27-12-14-31-18-20-7-9-22(25)10-8-20)28-16-21-15-23(30)29(17-21)13-11-19-5-3-2-4-6-19;/h2-10,21H,11-18H2,1H3,(H2,26,27,28);1H. The molecule has 8 heteroatoms. The maximum Gasteiger partial charge on any atom is 0.223 e. The first-order valence-electron chi connectivity index (χ1n) is 10.7. The molecule has 0 aliphatic carbocycles. The van der Waals surface area contributed by atoms with Crippen LogP contribution in [0.5, 0.6) is 0 Å². The summed E-state index contributed by atoms with van der Waals surface area (Å²) < 4.78 is 5.68. The van der Waals surface area contributed by atoms with Crippen LogP contribution in [-0.4, -0.2) is 56.6 Å². The molecule has 1 aliphatic heterocycles. The molecule has 2 N–H and O–H groups in total. The van der Waals surface area contributed by atoms with Gasteiger partial charge in [-0.25, -0.2) is 0 Å². The lowest BCUT2D eigenvalue weighted by molar-refractivity contribution is -0.127. The van der Waals surface area contributed by atoms with Crippen molar-refractivity contribution in [1.29, 1.82) is 0 Å². The number of benzene rings is 2. The van der Waals surface area contributed by atoms with Crippen molar-refractivity contribution < 1.29 is 9.53 Å². The van der Waals surface area contributed by atoms with Crippen LogP contribution < -0.4 is 10.6 Å². The Hall–Kier alpha value is -1.84. The maximum absolute atomic E-state index is 12.3. The molecular weight excluding hydrogens is 539 g/mol. The molecule has 32 heavy (non-hydrogen) atoms. The Morgan fingerprint density at radius 3 is 2.59 bits per heavy atom. The van der Waals surface area contributed by atoms with Gasteiger partial charge in [0.05, 0.1) is 13.2 Å². The van der Waals surface area contributed by atoms with Crippen molar-refractivity contribution in [2.75, 3.05) is 39.8 Å². The Labute approximate surface area is 212 Å². The SMILES string of the molecule is CN=C(NCCOCc1ccc(Cl)cc1)NCC1CC(=O)N(CCc2ccccc2)C1.I. The van der Waals surface area contributed by atoms with E-state index < -0.39 is 0 Å². The summed E-state index contributed by atoms with van der Waals surface area (Å²) in [6.45, 7) is 4.06. The Morgan fingerprint density at radius 2 is 1.88 bits per heavy atom. The summed E-state index contributed by atoms with van der Waals surface area (Å²) >= 11 is 5.89. The van der Waals surface area contributed by atoms with Gasteiger partial charge in [0.1, 0.15) is 0 Å². The van der Waals surface area contributed by atoms with E-state index in [4.69, 9.17) is 16.3 Å². The third kappa shape index (κ3) is 8.96. The normalized spacial score (nSPS) is 16.1. The predicted molar refractivity (Wildman–Crippen MR) is 141 cm³/mol. The Bertz CT molecular complexity index is 849. The molecule has 0 aromatic heterocycles. The van der Waals surface area contributed by atoms with Crippen molar-refractivity contribution in [3.63, 3.8) is 0 Å². The van der Waals surface area contributed by atoms with E-state index in [9.17, 15) is 4.79 Å². The van der Waals surface area contributed by atoms with Crippen LogP contribution in [-0.2, 0) is 22.6 Å². The number of amides is 1. The second-order valence-electron chi connectivity index (χ2n) is 7.70. The number of halogens is 2. The molecule has 6 nitrogen and oxygen atoms in total. The van der Waals surface area contributed by atoms with Crippen molar-refractivity contribution in [2.24, 2.45) is 10.9 Å². The molecule has 174 valence electrons. The minimum Gasteiger partial charge on any atom is -0.375 e. The van der Waals surface area contributed by atoms with Crippen molar-refractivity contribution in [2.45, 2.75) is 19.4 Å². The van der Waals surface area contributed by atoms with Gasteiger partial charge < -0.3 is 20.3 Å². The summed E-state index contributed by atoms with van der Waals surface area (Å²) in [5.41, 5.74) is 2.36. The first kappa shape index (κ1) is 26.4. The Morgan fingerprint density at radius 1 is 1.12 bits per heavy atom. The van der Waals surface area contributed by atoms with E-state index in [1.807, 2.05) is 47.4 Å². The lowest BCUT2D eigenvalue weighted by Crippen LogP contribution is -2.41. The van der Waals surface area contributed by atoms with Gasteiger partial charge in [0.25, 0.3) is 0 Å². The van der Waals surface area contributed by atoms with E-state index in [2.05, 4.69) is 27.8 Å². The van der Waals surface area contributed by atoms with Gasteiger partial charge in [0, 0.05) is 50.6 Å². The lowest BCUT2D eigenvalue weighted by atomic mass is 10.1. The zero-order valence-corrected chi connectivity index (χ0v) is 21.5. The molecule has 1 saturated heterocycles. The van der Waals surface area contributed by atoms with E-state index in [-0.39, 0.29) is 29.9 Å². The highest BCUT2D eigenvalue weighted by atomic mass is 127. The van der Waals surface area contributed by atoms with Gasteiger partial charge in [0.2, 0.25) is 5.91 Å². The van der Waals surface area contributed by atoms with Crippen LogP contribution in [0.3, 0.4) is 0 Å². The molecule has 0 radical (unpaired) electrons. The fraction of sp³-hybridized carbons (Fsp3) is 0.417. The number of likely N-dealkylation sites (tertiary alicyclic amines) is 1. The predicted octanol–water partition coefficient (Wildman–Crippen LogP) is 3.73. The summed E-state index contributed by atoms with van der Waals surface area (Å²) in [7, 11) is 1.75. The highest BCUT2D eigenvalue weighted by Gasteiger charge is 2.29. The molecule has 1 unspecified atom stereocenters. The first-order valence-corrected chi connectivity index (χ1v) is 11.1. The van der Waals surface area contributed by atoms with Gasteiger partial charge >= 0.3 is 0 Å². The molecule has 2 aromatic rings. The average molecular weight is 571 g/mol. The van der Waals surface area contributed by atoms with Crippen LogP contribution in [0.4, 0.5) is 0 Å². The van der Waals surface area contributed by atoms with Crippen molar-refractivity contribution >= 4 is 47.4 Å². The number of carbonyl (C=O) groups excluding carboxylic acids is 1. The third-order valence-electron chi connectivity index (χ3n) is 5.31. The highest BCUT2D eigenvalue weighted by Crippen LogP contribution is 2.17. The van der Waals surface area contributed by atoms with E-state index >= 15 is 0 Å². The van der Waals surface area contributed by atoms with Crippen LogP contribution in [0.2, 0.25) is 5.02 Å². The maximum atomic E-state index is 12.3. The second-order valence-corrected chi connectivity index (χ2v) is 8.14. The molecule has 3 rings (SSSR count). The highest BCUT2D eigenvalue weighted by molar-refractivity contribution is 14.0. The van der Waals surface area contributed by atoms with Gasteiger partial charge in [-0.05, 0) is 29.7 Å². The summed E-state index contributed by atoms with van der Waals surface area (Å²) in [5.74, 6) is 1.26. The minimum atomic E-state index is 0. The van der Waals surface area contributed by atoms with Gasteiger partial charge in [-0.2, -0.15) is 0 Å². The molecule has 1 atom stereocenters. The quantitative estimate of drug-likeness (QED) is 0.198. The number of hydrogen-bond acceptors (Lipinski definition) is 3. The Balaban J connectivity index is 0.00000363. The molecule has 2 aromatic carbocycles. The average Bonchev–Trinajstić information content (AvgIpc) is 3.15. The number of rotatable bonds is 10. The fourth-order valence-corrected chi connectivity index (χ4v) is 3.72.